The van der Waals surface area contributed by atoms with Gasteiger partial charge in [-0.15, -0.1) is 0 Å². The van der Waals surface area contributed by atoms with Crippen LogP contribution >= 0.6 is 11.6 Å². The van der Waals surface area contributed by atoms with E-state index in [2.05, 4.69) is 17.1 Å². The molecule has 0 bridgehead atoms. The quantitative estimate of drug-likeness (QED) is 0.515. The van der Waals surface area contributed by atoms with Crippen molar-refractivity contribution >= 4 is 23.2 Å². The average molecular weight is 471 g/mol. The van der Waals surface area contributed by atoms with Crippen LogP contribution in [0.5, 0.6) is 5.75 Å². The number of halogens is 1. The van der Waals surface area contributed by atoms with Crippen LogP contribution in [0.1, 0.15) is 44.6 Å². The lowest BCUT2D eigenvalue weighted by Crippen LogP contribution is -2.44. The van der Waals surface area contributed by atoms with Gasteiger partial charge in [0.2, 0.25) is 5.91 Å². The Labute approximate surface area is 202 Å². The van der Waals surface area contributed by atoms with Gasteiger partial charge in [-0.3, -0.25) is 4.79 Å². The number of carbonyl (C=O) groups excluding carboxylic acids is 1. The van der Waals surface area contributed by atoms with E-state index in [9.17, 15) is 4.79 Å². The summed E-state index contributed by atoms with van der Waals surface area (Å²) in [6, 6.07) is 15.3. The molecule has 2 saturated heterocycles. The second kappa shape index (κ2) is 11.4. The van der Waals surface area contributed by atoms with Crippen LogP contribution in [-0.4, -0.2) is 50.3 Å². The van der Waals surface area contributed by atoms with Crippen molar-refractivity contribution in [3.8, 4) is 5.75 Å². The van der Waals surface area contributed by atoms with E-state index >= 15 is 0 Å². The molecular formula is C27H35ClN2O3. The first-order valence-corrected chi connectivity index (χ1v) is 12.5. The molecule has 5 nitrogen and oxygen atoms in total. The standard InChI is InChI=1S/C27H35ClN2O3/c1-21-11-16-30(17-12-21)15-2-18-33-25-9-7-24(8-10-25)29-26(31)27(13-19-32-20-14-27)22-3-5-23(28)6-4-22/h3-10,21H,2,11-20H2,1H3,(H,29,31). The van der Waals surface area contributed by atoms with Gasteiger partial charge in [-0.25, -0.2) is 0 Å². The topological polar surface area (TPSA) is 50.8 Å². The molecule has 2 aromatic rings. The Kier molecular flexibility index (Phi) is 8.29. The summed E-state index contributed by atoms with van der Waals surface area (Å²) >= 11 is 6.07. The van der Waals surface area contributed by atoms with Gasteiger partial charge in [-0.1, -0.05) is 30.7 Å². The molecule has 0 atom stereocenters. The zero-order valence-corrected chi connectivity index (χ0v) is 20.3. The third-order valence-electron chi connectivity index (χ3n) is 7.05. The number of hydrogen-bond acceptors (Lipinski definition) is 4. The SMILES string of the molecule is CC1CCN(CCCOc2ccc(NC(=O)C3(c4ccc(Cl)cc4)CCOCC3)cc2)CC1. The predicted molar refractivity (Wildman–Crippen MR) is 133 cm³/mol. The van der Waals surface area contributed by atoms with Crippen molar-refractivity contribution in [1.82, 2.24) is 4.90 Å². The maximum Gasteiger partial charge on any atom is 0.235 e. The monoisotopic (exact) mass is 470 g/mol. The second-order valence-corrected chi connectivity index (χ2v) is 9.84. The van der Waals surface area contributed by atoms with Gasteiger partial charge in [0.25, 0.3) is 0 Å². The van der Waals surface area contributed by atoms with Crippen LogP contribution in [0, 0.1) is 5.92 Å². The van der Waals surface area contributed by atoms with Gasteiger partial charge in [-0.05, 0) is 93.1 Å². The number of amides is 1. The molecule has 0 aromatic heterocycles. The van der Waals surface area contributed by atoms with Crippen molar-refractivity contribution in [2.24, 2.45) is 5.92 Å². The number of piperidine rings is 1. The lowest BCUT2D eigenvalue weighted by atomic mass is 9.73. The molecule has 2 fully saturated rings. The Morgan fingerprint density at radius 1 is 1.09 bits per heavy atom. The van der Waals surface area contributed by atoms with Crippen molar-refractivity contribution in [1.29, 1.82) is 0 Å². The number of likely N-dealkylation sites (tertiary alicyclic amines) is 1. The molecule has 2 aliphatic heterocycles. The van der Waals surface area contributed by atoms with Crippen LogP contribution in [0.2, 0.25) is 5.02 Å². The van der Waals surface area contributed by atoms with Crippen LogP contribution < -0.4 is 10.1 Å². The number of ether oxygens (including phenoxy) is 2. The number of anilines is 1. The number of carbonyl (C=O) groups is 1. The molecule has 1 amide bonds. The lowest BCUT2D eigenvalue weighted by Gasteiger charge is -2.36. The van der Waals surface area contributed by atoms with E-state index in [1.807, 2.05) is 48.5 Å². The van der Waals surface area contributed by atoms with Gasteiger partial charge in [0.05, 0.1) is 12.0 Å². The summed E-state index contributed by atoms with van der Waals surface area (Å²) < 4.78 is 11.5. The van der Waals surface area contributed by atoms with E-state index in [-0.39, 0.29) is 5.91 Å². The summed E-state index contributed by atoms with van der Waals surface area (Å²) in [6.07, 6.45) is 4.94. The van der Waals surface area contributed by atoms with Gasteiger partial charge in [-0.2, -0.15) is 0 Å². The Bertz CT molecular complexity index is 887. The lowest BCUT2D eigenvalue weighted by molar-refractivity contribution is -0.125. The Balaban J connectivity index is 1.30. The van der Waals surface area contributed by atoms with E-state index in [1.165, 1.54) is 25.9 Å². The molecule has 178 valence electrons. The minimum absolute atomic E-state index is 0.00218. The van der Waals surface area contributed by atoms with Crippen molar-refractivity contribution < 1.29 is 14.3 Å². The van der Waals surface area contributed by atoms with Crippen molar-refractivity contribution in [3.63, 3.8) is 0 Å². The number of hydrogen-bond donors (Lipinski definition) is 1. The van der Waals surface area contributed by atoms with Crippen molar-refractivity contribution in [2.45, 2.75) is 44.4 Å². The average Bonchev–Trinajstić information content (AvgIpc) is 2.85. The summed E-state index contributed by atoms with van der Waals surface area (Å²) in [6.45, 7) is 7.69. The normalized spacial score (nSPS) is 19.2. The molecule has 6 heteroatoms. The predicted octanol–water partition coefficient (Wildman–Crippen LogP) is 5.53. The Hall–Kier alpha value is -2.08. The van der Waals surface area contributed by atoms with Gasteiger partial charge in [0.15, 0.2) is 0 Å². The highest BCUT2D eigenvalue weighted by atomic mass is 35.5. The van der Waals surface area contributed by atoms with Crippen molar-refractivity contribution in [2.75, 3.05) is 44.8 Å². The van der Waals surface area contributed by atoms with E-state index in [1.54, 1.807) is 0 Å². The van der Waals surface area contributed by atoms with E-state index in [0.717, 1.165) is 35.9 Å². The molecule has 0 aliphatic carbocycles. The molecule has 2 aliphatic rings. The van der Waals surface area contributed by atoms with Gasteiger partial charge >= 0.3 is 0 Å². The third kappa shape index (κ3) is 6.28. The molecule has 4 rings (SSSR count). The first-order valence-electron chi connectivity index (χ1n) is 12.2. The van der Waals surface area contributed by atoms with E-state index in [0.29, 0.717) is 37.7 Å². The zero-order chi connectivity index (χ0) is 23.1. The van der Waals surface area contributed by atoms with Crippen LogP contribution in [0.4, 0.5) is 5.69 Å². The maximum atomic E-state index is 13.4. The maximum absolute atomic E-state index is 13.4. The van der Waals surface area contributed by atoms with Crippen LogP contribution in [0.3, 0.4) is 0 Å². The third-order valence-corrected chi connectivity index (χ3v) is 7.31. The highest BCUT2D eigenvalue weighted by molar-refractivity contribution is 6.30. The molecule has 0 unspecified atom stereocenters. The fraction of sp³-hybridized carbons (Fsp3) is 0.519. The highest BCUT2D eigenvalue weighted by Crippen LogP contribution is 2.37. The number of nitrogens with one attached hydrogen (secondary N) is 1. The largest absolute Gasteiger partial charge is 0.494 e. The second-order valence-electron chi connectivity index (χ2n) is 9.41. The summed E-state index contributed by atoms with van der Waals surface area (Å²) in [7, 11) is 0. The molecule has 1 N–H and O–H groups in total. The van der Waals surface area contributed by atoms with E-state index in [4.69, 9.17) is 21.1 Å². The molecule has 0 saturated carbocycles. The van der Waals surface area contributed by atoms with Crippen LogP contribution in [0.25, 0.3) is 0 Å². The summed E-state index contributed by atoms with van der Waals surface area (Å²) in [4.78, 5) is 15.9. The molecule has 33 heavy (non-hydrogen) atoms. The molecular weight excluding hydrogens is 436 g/mol. The minimum atomic E-state index is -0.607. The summed E-state index contributed by atoms with van der Waals surface area (Å²) in [5.41, 5.74) is 1.15. The minimum Gasteiger partial charge on any atom is -0.494 e. The van der Waals surface area contributed by atoms with Crippen LogP contribution in [-0.2, 0) is 14.9 Å². The fourth-order valence-corrected chi connectivity index (χ4v) is 4.91. The first-order chi connectivity index (χ1) is 16.0. The fourth-order valence-electron chi connectivity index (χ4n) is 4.78. The van der Waals surface area contributed by atoms with Gasteiger partial charge < -0.3 is 19.7 Å². The zero-order valence-electron chi connectivity index (χ0n) is 19.5. The molecule has 2 aromatic carbocycles. The van der Waals surface area contributed by atoms with Gasteiger partial charge in [0.1, 0.15) is 5.75 Å². The number of benzene rings is 2. The molecule has 0 spiro atoms. The number of nitrogens with zero attached hydrogens (tertiary/aromatic N) is 1. The molecule has 2 heterocycles. The number of rotatable bonds is 8. The van der Waals surface area contributed by atoms with E-state index < -0.39 is 5.41 Å². The smallest absolute Gasteiger partial charge is 0.235 e. The summed E-state index contributed by atoms with van der Waals surface area (Å²) in [5, 5.41) is 3.79. The molecule has 0 radical (unpaired) electrons. The summed E-state index contributed by atoms with van der Waals surface area (Å²) in [5.74, 6) is 1.69. The van der Waals surface area contributed by atoms with Gasteiger partial charge in [0, 0.05) is 30.5 Å². The highest BCUT2D eigenvalue weighted by Gasteiger charge is 2.41. The Morgan fingerprint density at radius 3 is 2.42 bits per heavy atom. The Morgan fingerprint density at radius 2 is 1.76 bits per heavy atom. The van der Waals surface area contributed by atoms with Crippen LogP contribution in [0.15, 0.2) is 48.5 Å². The first kappa shape index (κ1) is 24.1. The van der Waals surface area contributed by atoms with Crippen molar-refractivity contribution in [3.05, 3.63) is 59.1 Å².